The molecule has 0 radical (unpaired) electrons. The molecule has 1 saturated heterocycles. The van der Waals surface area contributed by atoms with Crippen LogP contribution >= 0.6 is 0 Å². The maximum Gasteiger partial charge on any atom is 0.522 e. The number of ether oxygens (including phenoxy) is 1. The van der Waals surface area contributed by atoms with Crippen LogP contribution in [0.4, 0.5) is 0 Å². The summed E-state index contributed by atoms with van der Waals surface area (Å²) in [7, 11) is -1.03. The van der Waals surface area contributed by atoms with Crippen molar-refractivity contribution in [3.8, 4) is 11.5 Å². The molecule has 0 spiro atoms. The van der Waals surface area contributed by atoms with Crippen molar-refractivity contribution in [3.05, 3.63) is 23.3 Å². The summed E-state index contributed by atoms with van der Waals surface area (Å²) < 4.78 is 11.2. The number of nitrogens with zero attached hydrogens (tertiary/aromatic N) is 1. The molecule has 2 aliphatic heterocycles. The number of hydrogen-bond acceptors (Lipinski definition) is 6. The molecule has 3 N–H and O–H groups in total. The highest BCUT2D eigenvalue weighted by Gasteiger charge is 2.40. The molecule has 2 heterocycles. The Bertz CT molecular complexity index is 871. The number of hydrogen-bond donors (Lipinski definition) is 3. The SMILES string of the molecule is CC(=O)N[C@@H]1CC[C@H](C(=O)N2CC(Oc3ccc4c(c3C(=O)O)OB(O)CC4)C2)C1. The van der Waals surface area contributed by atoms with E-state index in [-0.39, 0.29) is 46.9 Å². The lowest BCUT2D eigenvalue weighted by Gasteiger charge is -2.40. The van der Waals surface area contributed by atoms with E-state index in [0.29, 0.717) is 32.3 Å². The number of carbonyl (C=O) groups is 3. The van der Waals surface area contributed by atoms with Gasteiger partial charge >= 0.3 is 13.1 Å². The lowest BCUT2D eigenvalue weighted by atomic mass is 9.78. The van der Waals surface area contributed by atoms with Crippen molar-refractivity contribution in [1.82, 2.24) is 10.2 Å². The molecule has 9 nitrogen and oxygen atoms in total. The molecule has 1 aromatic rings. The molecule has 2 fully saturated rings. The first kappa shape index (κ1) is 20.5. The zero-order valence-electron chi connectivity index (χ0n) is 16.8. The summed E-state index contributed by atoms with van der Waals surface area (Å²) in [5.41, 5.74) is 0.635. The van der Waals surface area contributed by atoms with Gasteiger partial charge in [-0.15, -0.1) is 0 Å². The van der Waals surface area contributed by atoms with Gasteiger partial charge in [-0.05, 0) is 43.6 Å². The van der Waals surface area contributed by atoms with Gasteiger partial charge in [0.25, 0.3) is 0 Å². The second kappa shape index (κ2) is 8.18. The van der Waals surface area contributed by atoms with E-state index in [0.717, 1.165) is 18.4 Å². The predicted octanol–water partition coefficient (Wildman–Crippen LogP) is 0.695. The van der Waals surface area contributed by atoms with Crippen molar-refractivity contribution in [1.29, 1.82) is 0 Å². The van der Waals surface area contributed by atoms with E-state index >= 15 is 0 Å². The van der Waals surface area contributed by atoms with Gasteiger partial charge < -0.3 is 29.7 Å². The zero-order chi connectivity index (χ0) is 21.4. The van der Waals surface area contributed by atoms with Gasteiger partial charge in [-0.3, -0.25) is 9.59 Å². The standard InChI is InChI=1S/C20H25BN2O7/c1-11(24)22-14-4-2-13(8-14)19(25)23-9-15(10-23)29-16-5-3-12-6-7-21(28)30-18(12)17(16)20(26)27/h3,5,13-15,28H,2,4,6-10H2,1H3,(H,22,24)(H,26,27)/t13-,14+/m0/s1. The molecule has 10 heteroatoms. The van der Waals surface area contributed by atoms with Crippen LogP contribution in [0.3, 0.4) is 0 Å². The van der Waals surface area contributed by atoms with Crippen molar-refractivity contribution < 1.29 is 33.9 Å². The summed E-state index contributed by atoms with van der Waals surface area (Å²) in [6, 6.07) is 3.42. The third kappa shape index (κ3) is 4.09. The number of carbonyl (C=O) groups excluding carboxylic acids is 2. The third-order valence-corrected chi connectivity index (χ3v) is 5.97. The molecular formula is C20H25BN2O7. The third-order valence-electron chi connectivity index (χ3n) is 5.97. The van der Waals surface area contributed by atoms with Gasteiger partial charge in [0.05, 0.1) is 13.1 Å². The van der Waals surface area contributed by atoms with Gasteiger partial charge in [-0.25, -0.2) is 4.79 Å². The van der Waals surface area contributed by atoms with E-state index in [9.17, 15) is 24.5 Å². The van der Waals surface area contributed by atoms with E-state index in [4.69, 9.17) is 9.39 Å². The van der Waals surface area contributed by atoms with Gasteiger partial charge in [0.15, 0.2) is 0 Å². The van der Waals surface area contributed by atoms with Crippen molar-refractivity contribution in [2.24, 2.45) is 5.92 Å². The monoisotopic (exact) mass is 416 g/mol. The van der Waals surface area contributed by atoms with E-state index in [1.807, 2.05) is 0 Å². The van der Waals surface area contributed by atoms with Gasteiger partial charge in [0, 0.05) is 18.9 Å². The molecule has 1 aromatic carbocycles. The summed E-state index contributed by atoms with van der Waals surface area (Å²) in [4.78, 5) is 37.4. The highest BCUT2D eigenvalue weighted by atomic mass is 16.5. The van der Waals surface area contributed by atoms with Gasteiger partial charge in [-0.1, -0.05) is 6.07 Å². The van der Waals surface area contributed by atoms with E-state index in [1.54, 1.807) is 17.0 Å². The molecule has 2 amide bonds. The summed E-state index contributed by atoms with van der Waals surface area (Å²) in [5, 5.41) is 22.3. The number of carboxylic acid groups (broad SMARTS) is 1. The Morgan fingerprint density at radius 2 is 2.03 bits per heavy atom. The fourth-order valence-electron chi connectivity index (χ4n) is 4.47. The molecule has 160 valence electrons. The zero-order valence-corrected chi connectivity index (χ0v) is 16.8. The molecule has 0 unspecified atom stereocenters. The minimum Gasteiger partial charge on any atom is -0.535 e. The van der Waals surface area contributed by atoms with Gasteiger partial charge in [-0.2, -0.15) is 0 Å². The molecule has 0 bridgehead atoms. The Kier molecular flexibility index (Phi) is 5.59. The molecule has 4 rings (SSSR count). The minimum atomic E-state index is -1.18. The first-order valence-electron chi connectivity index (χ1n) is 10.3. The maximum atomic E-state index is 12.7. The number of nitrogens with one attached hydrogen (secondary N) is 1. The molecule has 30 heavy (non-hydrogen) atoms. The van der Waals surface area contributed by atoms with Gasteiger partial charge in [0.1, 0.15) is 23.2 Å². The van der Waals surface area contributed by atoms with Gasteiger partial charge in [0.2, 0.25) is 11.8 Å². The summed E-state index contributed by atoms with van der Waals surface area (Å²) in [6.45, 7) is 2.25. The number of aromatic carboxylic acids is 1. The highest BCUT2D eigenvalue weighted by molar-refractivity contribution is 6.44. The molecule has 1 saturated carbocycles. The number of likely N-dealkylation sites (tertiary alicyclic amines) is 1. The number of amides is 2. The second-order valence-electron chi connectivity index (χ2n) is 8.23. The van der Waals surface area contributed by atoms with Crippen molar-refractivity contribution in [3.63, 3.8) is 0 Å². The Balaban J connectivity index is 1.36. The normalized spacial score (nSPS) is 23.3. The van der Waals surface area contributed by atoms with E-state index in [2.05, 4.69) is 5.32 Å². The Morgan fingerprint density at radius 3 is 2.73 bits per heavy atom. The summed E-state index contributed by atoms with van der Waals surface area (Å²) in [6.07, 6.45) is 2.84. The van der Waals surface area contributed by atoms with Crippen LogP contribution < -0.4 is 14.7 Å². The largest absolute Gasteiger partial charge is 0.535 e. The van der Waals surface area contributed by atoms with Crippen molar-refractivity contribution in [2.75, 3.05) is 13.1 Å². The van der Waals surface area contributed by atoms with Crippen LogP contribution in [0.2, 0.25) is 6.32 Å². The summed E-state index contributed by atoms with van der Waals surface area (Å²) >= 11 is 0. The fourth-order valence-corrected chi connectivity index (χ4v) is 4.47. The van der Waals surface area contributed by atoms with Crippen molar-refractivity contribution >= 4 is 24.9 Å². The maximum absolute atomic E-state index is 12.7. The van der Waals surface area contributed by atoms with E-state index < -0.39 is 13.1 Å². The van der Waals surface area contributed by atoms with Crippen LogP contribution in [0.1, 0.15) is 42.1 Å². The van der Waals surface area contributed by atoms with Crippen LogP contribution in [-0.2, 0) is 16.0 Å². The first-order chi connectivity index (χ1) is 14.3. The molecular weight excluding hydrogens is 391 g/mol. The van der Waals surface area contributed by atoms with Crippen LogP contribution in [0.15, 0.2) is 12.1 Å². The average Bonchev–Trinajstić information content (AvgIpc) is 3.10. The molecule has 1 aliphatic carbocycles. The lowest BCUT2D eigenvalue weighted by Crippen LogP contribution is -2.57. The van der Waals surface area contributed by atoms with Crippen LogP contribution in [0, 0.1) is 5.92 Å². The number of benzene rings is 1. The molecule has 3 aliphatic rings. The number of carboxylic acids is 1. The van der Waals surface area contributed by atoms with Crippen molar-refractivity contribution in [2.45, 2.75) is 51.1 Å². The number of rotatable bonds is 5. The van der Waals surface area contributed by atoms with Crippen LogP contribution in [0.5, 0.6) is 11.5 Å². The smallest absolute Gasteiger partial charge is 0.522 e. The topological polar surface area (TPSA) is 125 Å². The Labute approximate surface area is 174 Å². The Hall–Kier alpha value is -2.75. The highest BCUT2D eigenvalue weighted by Crippen LogP contribution is 2.37. The molecule has 2 atom stereocenters. The molecule has 0 aromatic heterocycles. The average molecular weight is 416 g/mol. The predicted molar refractivity (Wildman–Crippen MR) is 106 cm³/mol. The lowest BCUT2D eigenvalue weighted by molar-refractivity contribution is -0.144. The number of fused-ring (bicyclic) bond motifs is 1. The number of aryl methyl sites for hydroxylation is 1. The summed E-state index contributed by atoms with van der Waals surface area (Å²) in [5.74, 6) is -0.978. The second-order valence-corrected chi connectivity index (χ2v) is 8.23. The minimum absolute atomic E-state index is 0.0498. The fraction of sp³-hybridized carbons (Fsp3) is 0.550. The Morgan fingerprint density at radius 1 is 1.27 bits per heavy atom. The van der Waals surface area contributed by atoms with Crippen LogP contribution in [0.25, 0.3) is 0 Å². The first-order valence-corrected chi connectivity index (χ1v) is 10.3. The quantitative estimate of drug-likeness (QED) is 0.604. The van der Waals surface area contributed by atoms with E-state index in [1.165, 1.54) is 6.92 Å². The van der Waals surface area contributed by atoms with Crippen LogP contribution in [-0.4, -0.2) is 65.2 Å².